The lowest BCUT2D eigenvalue weighted by Crippen LogP contribution is -2.36. The van der Waals surface area contributed by atoms with Crippen molar-refractivity contribution in [3.63, 3.8) is 0 Å². The first-order valence-electron chi connectivity index (χ1n) is 6.78. The van der Waals surface area contributed by atoms with Crippen LogP contribution in [0.15, 0.2) is 24.3 Å². The Kier molecular flexibility index (Phi) is 4.83. The molecule has 19 heavy (non-hydrogen) atoms. The van der Waals surface area contributed by atoms with Crippen molar-refractivity contribution < 1.29 is 9.90 Å². The number of nitrogens with zero attached hydrogens (tertiary/aromatic N) is 1. The zero-order chi connectivity index (χ0) is 13.8. The Morgan fingerprint density at radius 1 is 1.42 bits per heavy atom. The molecule has 0 saturated carbocycles. The second-order valence-electron chi connectivity index (χ2n) is 5.27. The quantitative estimate of drug-likeness (QED) is 0.917. The highest BCUT2D eigenvalue weighted by Crippen LogP contribution is 2.31. The summed E-state index contributed by atoms with van der Waals surface area (Å²) in [7, 11) is 0. The molecule has 1 heterocycles. The number of piperidine rings is 1. The fourth-order valence-corrected chi connectivity index (χ4v) is 3.10. The van der Waals surface area contributed by atoms with E-state index in [0.29, 0.717) is 18.4 Å². The summed E-state index contributed by atoms with van der Waals surface area (Å²) < 4.78 is 0. The average Bonchev–Trinajstić information content (AvgIpc) is 2.39. The number of hydrogen-bond donors (Lipinski definition) is 1. The van der Waals surface area contributed by atoms with Crippen molar-refractivity contribution in [1.29, 1.82) is 0 Å². The molecule has 1 saturated heterocycles. The van der Waals surface area contributed by atoms with Crippen LogP contribution in [0, 0.1) is 5.92 Å². The van der Waals surface area contributed by atoms with E-state index in [1.54, 1.807) is 0 Å². The fraction of sp³-hybridized carbons (Fsp3) is 0.533. The van der Waals surface area contributed by atoms with Crippen LogP contribution in [0.25, 0.3) is 0 Å². The van der Waals surface area contributed by atoms with Crippen LogP contribution in [0.5, 0.6) is 0 Å². The van der Waals surface area contributed by atoms with E-state index in [4.69, 9.17) is 16.7 Å². The standard InChI is InChI=1S/C15H20ClNO2/c1-11(13-4-2-3-5-14(13)16)17-8-6-12(7-9-17)10-15(18)19/h2-5,11-12H,6-10H2,1H3,(H,18,19). The molecule has 1 aliphatic heterocycles. The predicted octanol–water partition coefficient (Wildman–Crippen LogP) is 3.59. The first-order chi connectivity index (χ1) is 9.08. The smallest absolute Gasteiger partial charge is 0.303 e. The third-order valence-electron chi connectivity index (χ3n) is 4.02. The Balaban J connectivity index is 1.94. The number of benzene rings is 1. The van der Waals surface area contributed by atoms with Crippen molar-refractivity contribution in [1.82, 2.24) is 4.90 Å². The van der Waals surface area contributed by atoms with Gasteiger partial charge < -0.3 is 5.11 Å². The Labute approximate surface area is 119 Å². The summed E-state index contributed by atoms with van der Waals surface area (Å²) in [5.74, 6) is -0.357. The van der Waals surface area contributed by atoms with Gasteiger partial charge in [-0.05, 0) is 50.4 Å². The maximum atomic E-state index is 10.7. The Hall–Kier alpha value is -1.06. The molecule has 104 valence electrons. The molecule has 0 aliphatic carbocycles. The molecule has 0 radical (unpaired) electrons. The zero-order valence-electron chi connectivity index (χ0n) is 11.2. The molecule has 1 atom stereocenters. The maximum Gasteiger partial charge on any atom is 0.303 e. The molecule has 3 nitrogen and oxygen atoms in total. The second kappa shape index (κ2) is 6.40. The highest BCUT2D eigenvalue weighted by atomic mass is 35.5. The summed E-state index contributed by atoms with van der Waals surface area (Å²) in [6.45, 7) is 4.06. The monoisotopic (exact) mass is 281 g/mol. The third kappa shape index (κ3) is 3.71. The van der Waals surface area contributed by atoms with Gasteiger partial charge in [0.25, 0.3) is 0 Å². The maximum absolute atomic E-state index is 10.7. The number of carboxylic acid groups (broad SMARTS) is 1. The largest absolute Gasteiger partial charge is 0.481 e. The molecule has 1 aliphatic rings. The Morgan fingerprint density at radius 2 is 2.05 bits per heavy atom. The minimum atomic E-state index is -0.683. The van der Waals surface area contributed by atoms with E-state index in [9.17, 15) is 4.79 Å². The van der Waals surface area contributed by atoms with Crippen LogP contribution in [0.3, 0.4) is 0 Å². The van der Waals surface area contributed by atoms with Crippen LogP contribution in [-0.4, -0.2) is 29.1 Å². The van der Waals surface area contributed by atoms with E-state index in [2.05, 4.69) is 17.9 Å². The molecule has 0 aromatic heterocycles. The molecule has 1 aromatic carbocycles. The van der Waals surface area contributed by atoms with Crippen LogP contribution in [0.1, 0.15) is 37.8 Å². The second-order valence-corrected chi connectivity index (χ2v) is 5.68. The van der Waals surface area contributed by atoms with Gasteiger partial charge >= 0.3 is 5.97 Å². The van der Waals surface area contributed by atoms with Gasteiger partial charge in [0.2, 0.25) is 0 Å². The fourth-order valence-electron chi connectivity index (χ4n) is 2.80. The summed E-state index contributed by atoms with van der Waals surface area (Å²) in [6, 6.07) is 8.23. The normalized spacial score (nSPS) is 19.3. The van der Waals surface area contributed by atoms with Crippen molar-refractivity contribution in [3.05, 3.63) is 34.9 Å². The summed E-state index contributed by atoms with van der Waals surface area (Å²) >= 11 is 6.23. The van der Waals surface area contributed by atoms with Crippen molar-refractivity contribution in [3.8, 4) is 0 Å². The molecule has 0 bridgehead atoms. The van der Waals surface area contributed by atoms with Crippen LogP contribution in [0.2, 0.25) is 5.02 Å². The number of likely N-dealkylation sites (tertiary alicyclic amines) is 1. The molecule has 1 fully saturated rings. The molecule has 1 unspecified atom stereocenters. The van der Waals surface area contributed by atoms with Gasteiger partial charge in [-0.1, -0.05) is 29.8 Å². The van der Waals surface area contributed by atoms with Crippen molar-refractivity contribution >= 4 is 17.6 Å². The van der Waals surface area contributed by atoms with Crippen LogP contribution < -0.4 is 0 Å². The van der Waals surface area contributed by atoms with Gasteiger partial charge in [-0.2, -0.15) is 0 Å². The first-order valence-corrected chi connectivity index (χ1v) is 7.16. The van der Waals surface area contributed by atoms with Crippen molar-refractivity contribution in [2.24, 2.45) is 5.92 Å². The topological polar surface area (TPSA) is 40.5 Å². The van der Waals surface area contributed by atoms with Gasteiger partial charge in [-0.15, -0.1) is 0 Å². The number of halogens is 1. The Morgan fingerprint density at radius 3 is 2.63 bits per heavy atom. The van der Waals surface area contributed by atoms with E-state index in [1.807, 2.05) is 18.2 Å². The first kappa shape index (κ1) is 14.4. The van der Waals surface area contributed by atoms with Gasteiger partial charge in [-0.25, -0.2) is 0 Å². The minimum absolute atomic E-state index is 0.291. The molecule has 1 N–H and O–H groups in total. The van der Waals surface area contributed by atoms with Crippen LogP contribution in [-0.2, 0) is 4.79 Å². The van der Waals surface area contributed by atoms with E-state index in [0.717, 1.165) is 36.5 Å². The SMILES string of the molecule is CC(c1ccccc1Cl)N1CCC(CC(=O)O)CC1. The van der Waals surface area contributed by atoms with Gasteiger partial charge in [0.15, 0.2) is 0 Å². The predicted molar refractivity (Wildman–Crippen MR) is 76.4 cm³/mol. The molecule has 1 aromatic rings. The number of aliphatic carboxylic acids is 1. The summed E-state index contributed by atoms with van der Waals surface area (Å²) in [5, 5.41) is 9.63. The summed E-state index contributed by atoms with van der Waals surface area (Å²) in [6.07, 6.45) is 2.22. The molecule has 2 rings (SSSR count). The molecular weight excluding hydrogens is 262 g/mol. The van der Waals surface area contributed by atoms with Gasteiger partial charge in [0, 0.05) is 17.5 Å². The third-order valence-corrected chi connectivity index (χ3v) is 4.36. The van der Waals surface area contributed by atoms with Crippen molar-refractivity contribution in [2.45, 2.75) is 32.2 Å². The van der Waals surface area contributed by atoms with Crippen LogP contribution >= 0.6 is 11.6 Å². The lowest BCUT2D eigenvalue weighted by Gasteiger charge is -2.36. The van der Waals surface area contributed by atoms with Crippen molar-refractivity contribution in [2.75, 3.05) is 13.1 Å². The highest BCUT2D eigenvalue weighted by molar-refractivity contribution is 6.31. The summed E-state index contributed by atoms with van der Waals surface area (Å²) in [4.78, 5) is 13.1. The van der Waals surface area contributed by atoms with E-state index in [1.165, 1.54) is 0 Å². The molecule has 0 amide bonds. The van der Waals surface area contributed by atoms with Gasteiger partial charge in [0.05, 0.1) is 0 Å². The number of carbonyl (C=O) groups is 1. The van der Waals surface area contributed by atoms with Gasteiger partial charge in [-0.3, -0.25) is 9.69 Å². The minimum Gasteiger partial charge on any atom is -0.481 e. The number of hydrogen-bond acceptors (Lipinski definition) is 2. The van der Waals surface area contributed by atoms with E-state index >= 15 is 0 Å². The molecule has 4 heteroatoms. The lowest BCUT2D eigenvalue weighted by atomic mass is 9.92. The highest BCUT2D eigenvalue weighted by Gasteiger charge is 2.25. The van der Waals surface area contributed by atoms with E-state index < -0.39 is 5.97 Å². The van der Waals surface area contributed by atoms with Gasteiger partial charge in [0.1, 0.15) is 0 Å². The van der Waals surface area contributed by atoms with Crippen LogP contribution in [0.4, 0.5) is 0 Å². The number of carboxylic acids is 1. The number of rotatable bonds is 4. The summed E-state index contributed by atoms with van der Waals surface area (Å²) in [5.41, 5.74) is 1.15. The van der Waals surface area contributed by atoms with E-state index in [-0.39, 0.29) is 0 Å². The molecular formula is C15H20ClNO2. The zero-order valence-corrected chi connectivity index (χ0v) is 11.9. The molecule has 0 spiro atoms. The Bertz CT molecular complexity index is 442. The lowest BCUT2D eigenvalue weighted by molar-refractivity contribution is -0.138. The average molecular weight is 282 g/mol.